The molecular formula is C3H2O2S. The van der Waals surface area contributed by atoms with E-state index in [0.29, 0.717) is 0 Å². The number of hydrogen-bond donors (Lipinski definition) is 0. The topological polar surface area (TPSA) is 34.1 Å². The van der Waals surface area contributed by atoms with Crippen LogP contribution in [0.4, 0.5) is 0 Å². The molecule has 0 atom stereocenters. The van der Waals surface area contributed by atoms with Crippen molar-refractivity contribution >= 4 is 22.0 Å². The average Bonchev–Trinajstić information content (AvgIpc) is 1.33. The van der Waals surface area contributed by atoms with Crippen LogP contribution in [0.25, 0.3) is 0 Å². The summed E-state index contributed by atoms with van der Waals surface area (Å²) < 4.78 is 0. The number of carbonyl (C=O) groups excluding carboxylic acids is 2. The summed E-state index contributed by atoms with van der Waals surface area (Å²) in [4.78, 5) is 19.7. The smallest absolute Gasteiger partial charge is 0.204 e. The summed E-state index contributed by atoms with van der Waals surface area (Å²) in [6.45, 7) is 0. The van der Waals surface area contributed by atoms with Crippen molar-refractivity contribution in [2.24, 2.45) is 0 Å². The number of hydrogen-bond acceptors (Lipinski definition) is 3. The van der Waals surface area contributed by atoms with Crippen LogP contribution in [-0.4, -0.2) is 10.2 Å². The second kappa shape index (κ2) is 1.08. The van der Waals surface area contributed by atoms with Crippen molar-refractivity contribution in [3.63, 3.8) is 0 Å². The molecule has 1 saturated heterocycles. The first-order valence-corrected chi connectivity index (χ1v) is 2.34. The first-order chi connectivity index (χ1) is 2.79. The van der Waals surface area contributed by atoms with Gasteiger partial charge in [-0.15, -0.1) is 0 Å². The van der Waals surface area contributed by atoms with Crippen LogP contribution >= 0.6 is 11.8 Å². The summed E-state index contributed by atoms with van der Waals surface area (Å²) >= 11 is 0.806. The predicted molar refractivity (Wildman–Crippen MR) is 22.2 cm³/mol. The van der Waals surface area contributed by atoms with Crippen LogP contribution in [0.5, 0.6) is 0 Å². The molecule has 0 amide bonds. The molecule has 0 unspecified atom stereocenters. The van der Waals surface area contributed by atoms with E-state index in [2.05, 4.69) is 0 Å². The zero-order valence-corrected chi connectivity index (χ0v) is 3.75. The van der Waals surface area contributed by atoms with Crippen molar-refractivity contribution < 1.29 is 9.59 Å². The van der Waals surface area contributed by atoms with Crippen molar-refractivity contribution in [1.29, 1.82) is 0 Å². The third kappa shape index (κ3) is 0.452. The van der Waals surface area contributed by atoms with Gasteiger partial charge in [0.05, 0.1) is 6.42 Å². The highest BCUT2D eigenvalue weighted by atomic mass is 32.2. The maximum Gasteiger partial charge on any atom is 0.204 e. The quantitative estimate of drug-likeness (QED) is 0.409. The van der Waals surface area contributed by atoms with Crippen molar-refractivity contribution in [2.75, 3.05) is 0 Å². The van der Waals surface area contributed by atoms with Crippen LogP contribution in [-0.2, 0) is 9.59 Å². The largest absolute Gasteiger partial charge is 0.286 e. The van der Waals surface area contributed by atoms with Gasteiger partial charge in [0.25, 0.3) is 0 Å². The molecular weight excluding hydrogens is 100 g/mol. The van der Waals surface area contributed by atoms with Gasteiger partial charge in [-0.05, 0) is 11.8 Å². The molecule has 1 fully saturated rings. The molecule has 1 heterocycles. The zero-order valence-electron chi connectivity index (χ0n) is 2.93. The van der Waals surface area contributed by atoms with Crippen LogP contribution in [0, 0.1) is 0 Å². The highest BCUT2D eigenvalue weighted by molar-refractivity contribution is 8.29. The van der Waals surface area contributed by atoms with E-state index in [1.54, 1.807) is 0 Å². The normalized spacial score (nSPS) is 20.7. The van der Waals surface area contributed by atoms with Gasteiger partial charge in [-0.3, -0.25) is 9.59 Å². The van der Waals surface area contributed by atoms with Gasteiger partial charge < -0.3 is 0 Å². The summed E-state index contributed by atoms with van der Waals surface area (Å²) in [7, 11) is 0. The number of rotatable bonds is 0. The Kier molecular flexibility index (Phi) is 0.696. The molecule has 6 heavy (non-hydrogen) atoms. The minimum Gasteiger partial charge on any atom is -0.286 e. The van der Waals surface area contributed by atoms with E-state index in [9.17, 15) is 9.59 Å². The number of thioether (sulfide) groups is 1. The fraction of sp³-hybridized carbons (Fsp3) is 0.333. The van der Waals surface area contributed by atoms with Crippen molar-refractivity contribution in [2.45, 2.75) is 6.42 Å². The standard InChI is InChI=1S/C3H2O2S/c4-2-1-3(5)6-2/h1H2. The third-order valence-corrected chi connectivity index (χ3v) is 1.26. The molecule has 0 bridgehead atoms. The molecule has 1 rings (SSSR count). The van der Waals surface area contributed by atoms with Crippen LogP contribution in [0.3, 0.4) is 0 Å². The Morgan fingerprint density at radius 3 is 1.67 bits per heavy atom. The first kappa shape index (κ1) is 3.87. The van der Waals surface area contributed by atoms with E-state index < -0.39 is 0 Å². The maximum absolute atomic E-state index is 9.85. The fourth-order valence-electron chi connectivity index (χ4n) is 0.236. The molecule has 1 aliphatic rings. The molecule has 0 N–H and O–H groups in total. The van der Waals surface area contributed by atoms with E-state index in [4.69, 9.17) is 0 Å². The average molecular weight is 102 g/mol. The van der Waals surface area contributed by atoms with E-state index in [1.165, 1.54) is 0 Å². The number of carbonyl (C=O) groups is 2. The lowest BCUT2D eigenvalue weighted by Gasteiger charge is -2.02. The summed E-state index contributed by atoms with van der Waals surface area (Å²) in [6.07, 6.45) is 0.157. The van der Waals surface area contributed by atoms with Gasteiger partial charge >= 0.3 is 0 Å². The van der Waals surface area contributed by atoms with Crippen LogP contribution < -0.4 is 0 Å². The van der Waals surface area contributed by atoms with E-state index >= 15 is 0 Å². The van der Waals surface area contributed by atoms with Gasteiger partial charge in [0.1, 0.15) is 0 Å². The molecule has 0 radical (unpaired) electrons. The lowest BCUT2D eigenvalue weighted by atomic mass is 10.5. The van der Waals surface area contributed by atoms with E-state index in [1.807, 2.05) is 0 Å². The monoisotopic (exact) mass is 102 g/mol. The second-order valence-corrected chi connectivity index (χ2v) is 2.14. The summed E-state index contributed by atoms with van der Waals surface area (Å²) in [6, 6.07) is 0. The van der Waals surface area contributed by atoms with Crippen molar-refractivity contribution in [3.8, 4) is 0 Å². The Balaban J connectivity index is 2.47. The van der Waals surface area contributed by atoms with Gasteiger partial charge in [-0.25, -0.2) is 0 Å². The molecule has 0 spiro atoms. The van der Waals surface area contributed by atoms with E-state index in [0.717, 1.165) is 11.8 Å². The highest BCUT2D eigenvalue weighted by Crippen LogP contribution is 2.20. The van der Waals surface area contributed by atoms with Crippen LogP contribution in [0.15, 0.2) is 0 Å². The Bertz CT molecular complexity index is 85.4. The third-order valence-electron chi connectivity index (χ3n) is 0.516. The second-order valence-electron chi connectivity index (χ2n) is 1.02. The first-order valence-electron chi connectivity index (χ1n) is 1.52. The molecule has 32 valence electrons. The van der Waals surface area contributed by atoms with Crippen LogP contribution in [0.2, 0.25) is 0 Å². The molecule has 2 nitrogen and oxygen atoms in total. The van der Waals surface area contributed by atoms with Gasteiger partial charge in [0.2, 0.25) is 10.2 Å². The van der Waals surface area contributed by atoms with Crippen molar-refractivity contribution in [3.05, 3.63) is 0 Å². The maximum atomic E-state index is 9.85. The van der Waals surface area contributed by atoms with Crippen molar-refractivity contribution in [1.82, 2.24) is 0 Å². The molecule has 1 aliphatic heterocycles. The lowest BCUT2D eigenvalue weighted by molar-refractivity contribution is -0.121. The summed E-state index contributed by atoms with van der Waals surface area (Å²) in [5.74, 6) is 0. The lowest BCUT2D eigenvalue weighted by Crippen LogP contribution is -2.13. The SMILES string of the molecule is O=C1CC(=O)S1. The van der Waals surface area contributed by atoms with Gasteiger partial charge in [0, 0.05) is 0 Å². The molecule has 0 aliphatic carbocycles. The Morgan fingerprint density at radius 1 is 1.33 bits per heavy atom. The van der Waals surface area contributed by atoms with Crippen LogP contribution in [0.1, 0.15) is 6.42 Å². The Morgan fingerprint density at radius 2 is 1.67 bits per heavy atom. The minimum atomic E-state index is 0.000000000000000222. The molecule has 0 aromatic rings. The summed E-state index contributed by atoms with van der Waals surface area (Å²) in [5.41, 5.74) is 0. The molecule has 3 heteroatoms. The predicted octanol–water partition coefficient (Wildman–Crippen LogP) is 0.176. The Labute approximate surface area is 38.9 Å². The van der Waals surface area contributed by atoms with Gasteiger partial charge in [0.15, 0.2) is 0 Å². The minimum absolute atomic E-state index is 0.000000000000000222. The molecule has 0 saturated carbocycles. The zero-order chi connectivity index (χ0) is 4.57. The Hall–Kier alpha value is -0.310. The highest BCUT2D eigenvalue weighted by Gasteiger charge is 2.23. The fourth-order valence-corrected chi connectivity index (χ4v) is 0.651. The van der Waals surface area contributed by atoms with Gasteiger partial charge in [-0.2, -0.15) is 0 Å². The van der Waals surface area contributed by atoms with E-state index in [-0.39, 0.29) is 16.7 Å². The molecule has 0 aromatic heterocycles. The van der Waals surface area contributed by atoms with Gasteiger partial charge in [-0.1, -0.05) is 0 Å². The summed E-state index contributed by atoms with van der Waals surface area (Å²) in [5, 5.41) is 0.000000000000000444. The molecule has 0 aromatic carbocycles.